The van der Waals surface area contributed by atoms with Crippen molar-refractivity contribution in [3.63, 3.8) is 0 Å². The van der Waals surface area contributed by atoms with Crippen LogP contribution in [0.15, 0.2) is 22.7 Å². The standard InChI is InChI=1S/C14H20Br2N2/c1-17-7-3-4-13(17)10-18(2)12-6-5-11(9-15)14(16)8-12/h5-6,8,13H,3-4,7,9-10H2,1-2H3. The maximum absolute atomic E-state index is 3.63. The van der Waals surface area contributed by atoms with Crippen LogP contribution in [0.1, 0.15) is 18.4 Å². The van der Waals surface area contributed by atoms with Crippen molar-refractivity contribution in [2.24, 2.45) is 0 Å². The average Bonchev–Trinajstić information content (AvgIpc) is 2.75. The number of likely N-dealkylation sites (N-methyl/N-ethyl adjacent to an activating group) is 2. The second-order valence-corrected chi connectivity index (χ2v) is 6.48. The molecule has 2 rings (SSSR count). The minimum absolute atomic E-state index is 0.699. The third-order valence-corrected chi connectivity index (χ3v) is 5.12. The van der Waals surface area contributed by atoms with E-state index < -0.39 is 0 Å². The molecule has 1 aromatic carbocycles. The second kappa shape index (κ2) is 6.40. The molecule has 18 heavy (non-hydrogen) atoms. The molecule has 1 aromatic rings. The molecular formula is C14H20Br2N2. The third-order valence-electron chi connectivity index (χ3n) is 3.78. The highest BCUT2D eigenvalue weighted by Gasteiger charge is 2.22. The molecule has 1 saturated heterocycles. The predicted molar refractivity (Wildman–Crippen MR) is 85.7 cm³/mol. The first kappa shape index (κ1) is 14.4. The molecule has 0 N–H and O–H groups in total. The topological polar surface area (TPSA) is 6.48 Å². The summed E-state index contributed by atoms with van der Waals surface area (Å²) in [5.41, 5.74) is 2.58. The molecule has 0 spiro atoms. The fourth-order valence-electron chi connectivity index (χ4n) is 2.51. The predicted octanol–water partition coefficient (Wildman–Crippen LogP) is 3.87. The van der Waals surface area contributed by atoms with Crippen molar-refractivity contribution in [3.05, 3.63) is 28.2 Å². The molecule has 1 aliphatic heterocycles. The number of anilines is 1. The van der Waals surface area contributed by atoms with Crippen molar-refractivity contribution in [3.8, 4) is 0 Å². The first-order valence-electron chi connectivity index (χ1n) is 6.37. The molecule has 0 radical (unpaired) electrons. The molecule has 0 saturated carbocycles. The van der Waals surface area contributed by atoms with Crippen molar-refractivity contribution in [2.75, 3.05) is 32.1 Å². The van der Waals surface area contributed by atoms with Crippen LogP contribution in [0.25, 0.3) is 0 Å². The quantitative estimate of drug-likeness (QED) is 0.737. The van der Waals surface area contributed by atoms with Crippen molar-refractivity contribution >= 4 is 37.5 Å². The van der Waals surface area contributed by atoms with Gasteiger partial charge in [-0.3, -0.25) is 0 Å². The lowest BCUT2D eigenvalue weighted by atomic mass is 10.2. The summed E-state index contributed by atoms with van der Waals surface area (Å²) in [5.74, 6) is 0. The van der Waals surface area contributed by atoms with Crippen molar-refractivity contribution < 1.29 is 0 Å². The van der Waals surface area contributed by atoms with Crippen LogP contribution in [0.3, 0.4) is 0 Å². The van der Waals surface area contributed by atoms with Crippen LogP contribution in [-0.2, 0) is 5.33 Å². The van der Waals surface area contributed by atoms with Gasteiger partial charge in [0.2, 0.25) is 0 Å². The van der Waals surface area contributed by atoms with Gasteiger partial charge >= 0.3 is 0 Å². The molecule has 1 atom stereocenters. The summed E-state index contributed by atoms with van der Waals surface area (Å²) >= 11 is 7.13. The highest BCUT2D eigenvalue weighted by Crippen LogP contribution is 2.26. The summed E-state index contributed by atoms with van der Waals surface area (Å²) in [6.45, 7) is 2.35. The zero-order valence-corrected chi connectivity index (χ0v) is 14.2. The lowest BCUT2D eigenvalue weighted by Gasteiger charge is -2.27. The van der Waals surface area contributed by atoms with E-state index in [4.69, 9.17) is 0 Å². The fourth-order valence-corrected chi connectivity index (χ4v) is 3.89. The first-order valence-corrected chi connectivity index (χ1v) is 8.29. The van der Waals surface area contributed by atoms with Gasteiger partial charge in [-0.2, -0.15) is 0 Å². The van der Waals surface area contributed by atoms with Crippen molar-refractivity contribution in [1.82, 2.24) is 4.90 Å². The van der Waals surface area contributed by atoms with E-state index in [2.05, 4.69) is 74.0 Å². The summed E-state index contributed by atoms with van der Waals surface area (Å²) in [6, 6.07) is 7.30. The van der Waals surface area contributed by atoms with E-state index in [1.165, 1.54) is 35.1 Å². The maximum atomic E-state index is 3.63. The van der Waals surface area contributed by atoms with Gasteiger partial charge in [0, 0.05) is 35.1 Å². The highest BCUT2D eigenvalue weighted by molar-refractivity contribution is 9.10. The van der Waals surface area contributed by atoms with Gasteiger partial charge in [-0.25, -0.2) is 0 Å². The molecule has 2 nitrogen and oxygen atoms in total. The van der Waals surface area contributed by atoms with E-state index in [-0.39, 0.29) is 0 Å². The van der Waals surface area contributed by atoms with Gasteiger partial charge in [0.1, 0.15) is 0 Å². The smallest absolute Gasteiger partial charge is 0.0375 e. The minimum Gasteiger partial charge on any atom is -0.373 e. The SMILES string of the molecule is CN(CC1CCCN1C)c1ccc(CBr)c(Br)c1. The van der Waals surface area contributed by atoms with Crippen LogP contribution in [0.2, 0.25) is 0 Å². The van der Waals surface area contributed by atoms with E-state index >= 15 is 0 Å². The van der Waals surface area contributed by atoms with Crippen LogP contribution in [0.5, 0.6) is 0 Å². The molecule has 0 amide bonds. The Labute approximate surface area is 127 Å². The van der Waals surface area contributed by atoms with Gasteiger partial charge in [0.25, 0.3) is 0 Å². The number of halogens is 2. The van der Waals surface area contributed by atoms with Gasteiger partial charge in [0.15, 0.2) is 0 Å². The normalized spacial score (nSPS) is 20.3. The van der Waals surface area contributed by atoms with Gasteiger partial charge in [0.05, 0.1) is 0 Å². The highest BCUT2D eigenvalue weighted by atomic mass is 79.9. The van der Waals surface area contributed by atoms with Crippen LogP contribution in [0, 0.1) is 0 Å². The molecule has 0 bridgehead atoms. The average molecular weight is 376 g/mol. The molecule has 1 heterocycles. The van der Waals surface area contributed by atoms with Gasteiger partial charge < -0.3 is 9.80 Å². The van der Waals surface area contributed by atoms with Crippen molar-refractivity contribution in [1.29, 1.82) is 0 Å². The lowest BCUT2D eigenvalue weighted by Crippen LogP contribution is -2.36. The largest absolute Gasteiger partial charge is 0.373 e. The van der Waals surface area contributed by atoms with Crippen LogP contribution in [0.4, 0.5) is 5.69 Å². The lowest BCUT2D eigenvalue weighted by molar-refractivity contribution is 0.314. The van der Waals surface area contributed by atoms with E-state index in [1.807, 2.05) is 0 Å². The molecule has 1 unspecified atom stereocenters. The zero-order chi connectivity index (χ0) is 13.1. The Bertz CT molecular complexity index is 409. The number of nitrogens with zero attached hydrogens (tertiary/aromatic N) is 2. The number of alkyl halides is 1. The molecule has 1 aliphatic rings. The summed E-state index contributed by atoms with van der Waals surface area (Å²) in [4.78, 5) is 4.83. The first-order chi connectivity index (χ1) is 8.61. The third kappa shape index (κ3) is 3.28. The van der Waals surface area contributed by atoms with E-state index in [0.29, 0.717) is 6.04 Å². The van der Waals surface area contributed by atoms with Gasteiger partial charge in [-0.1, -0.05) is 37.9 Å². The number of benzene rings is 1. The summed E-state index contributed by atoms with van der Waals surface area (Å²) in [6.07, 6.45) is 2.66. The van der Waals surface area contributed by atoms with Gasteiger partial charge in [-0.05, 0) is 44.1 Å². The van der Waals surface area contributed by atoms with E-state index in [9.17, 15) is 0 Å². The van der Waals surface area contributed by atoms with Crippen molar-refractivity contribution in [2.45, 2.75) is 24.2 Å². The van der Waals surface area contributed by atoms with Crippen LogP contribution in [-0.4, -0.2) is 38.1 Å². The number of likely N-dealkylation sites (tertiary alicyclic amines) is 1. The second-order valence-electron chi connectivity index (χ2n) is 5.07. The molecule has 0 aliphatic carbocycles. The Morgan fingerprint density at radius 2 is 2.22 bits per heavy atom. The van der Waals surface area contributed by atoms with E-state index in [0.717, 1.165) is 11.9 Å². The Kier molecular flexibility index (Phi) is 5.10. The number of hydrogen-bond donors (Lipinski definition) is 0. The minimum atomic E-state index is 0.699. The van der Waals surface area contributed by atoms with Crippen LogP contribution >= 0.6 is 31.9 Å². The molecule has 100 valence electrons. The Morgan fingerprint density at radius 1 is 1.44 bits per heavy atom. The van der Waals surface area contributed by atoms with Crippen LogP contribution < -0.4 is 4.90 Å². The summed E-state index contributed by atoms with van der Waals surface area (Å²) in [7, 11) is 4.41. The fraction of sp³-hybridized carbons (Fsp3) is 0.571. The summed E-state index contributed by atoms with van der Waals surface area (Å²) < 4.78 is 1.18. The molecule has 0 aromatic heterocycles. The van der Waals surface area contributed by atoms with E-state index in [1.54, 1.807) is 0 Å². The van der Waals surface area contributed by atoms with Gasteiger partial charge in [-0.15, -0.1) is 0 Å². The molecular weight excluding hydrogens is 356 g/mol. The Hall–Kier alpha value is -0.0600. The number of hydrogen-bond acceptors (Lipinski definition) is 2. The molecule has 4 heteroatoms. The molecule has 1 fully saturated rings. The Morgan fingerprint density at radius 3 is 2.78 bits per heavy atom. The monoisotopic (exact) mass is 374 g/mol. The Balaban J connectivity index is 2.04. The maximum Gasteiger partial charge on any atom is 0.0375 e. The number of rotatable bonds is 4. The zero-order valence-electron chi connectivity index (χ0n) is 11.0. The summed E-state index contributed by atoms with van der Waals surface area (Å²) in [5, 5.41) is 0.892.